The molecule has 21 heavy (non-hydrogen) atoms. The van der Waals surface area contributed by atoms with Crippen LogP contribution in [0.3, 0.4) is 0 Å². The lowest BCUT2D eigenvalue weighted by Crippen LogP contribution is -2.33. The number of amides is 1. The maximum Gasteiger partial charge on any atom is 0.234 e. The first-order valence-electron chi connectivity index (χ1n) is 7.70. The predicted octanol–water partition coefficient (Wildman–Crippen LogP) is 2.60. The number of carbonyl (C=O) groups excluding carboxylic acids is 1. The van der Waals surface area contributed by atoms with Crippen LogP contribution in [0, 0.1) is 5.92 Å². The summed E-state index contributed by atoms with van der Waals surface area (Å²) >= 11 is 0. The molecule has 2 N–H and O–H groups in total. The van der Waals surface area contributed by atoms with Gasteiger partial charge in [-0.3, -0.25) is 4.79 Å². The SMILES string of the molecule is CNC(c1ccc2c(c1)C(C)(C)C(=O)N2)C1OCCC1C. The number of hydrogen-bond donors (Lipinski definition) is 2. The second-order valence-electron chi connectivity index (χ2n) is 6.75. The van der Waals surface area contributed by atoms with E-state index in [4.69, 9.17) is 4.74 Å². The largest absolute Gasteiger partial charge is 0.376 e. The Morgan fingerprint density at radius 1 is 1.43 bits per heavy atom. The quantitative estimate of drug-likeness (QED) is 0.899. The van der Waals surface area contributed by atoms with E-state index in [1.165, 1.54) is 5.56 Å². The molecular weight excluding hydrogens is 264 g/mol. The van der Waals surface area contributed by atoms with Crippen molar-refractivity contribution in [2.75, 3.05) is 19.0 Å². The van der Waals surface area contributed by atoms with E-state index in [1.54, 1.807) is 0 Å². The molecule has 0 bridgehead atoms. The van der Waals surface area contributed by atoms with Gasteiger partial charge in [0.1, 0.15) is 0 Å². The highest BCUT2D eigenvalue weighted by Crippen LogP contribution is 2.40. The lowest BCUT2D eigenvalue weighted by Gasteiger charge is -2.27. The first kappa shape index (κ1) is 14.5. The van der Waals surface area contributed by atoms with Crippen LogP contribution < -0.4 is 10.6 Å². The molecule has 1 saturated heterocycles. The molecule has 3 unspecified atom stereocenters. The van der Waals surface area contributed by atoms with E-state index in [1.807, 2.05) is 27.0 Å². The van der Waals surface area contributed by atoms with Crippen LogP contribution >= 0.6 is 0 Å². The maximum atomic E-state index is 12.1. The van der Waals surface area contributed by atoms with Gasteiger partial charge in [0.05, 0.1) is 17.6 Å². The molecule has 0 aliphatic carbocycles. The van der Waals surface area contributed by atoms with Crippen molar-refractivity contribution in [1.82, 2.24) is 5.32 Å². The van der Waals surface area contributed by atoms with Gasteiger partial charge in [-0.2, -0.15) is 0 Å². The van der Waals surface area contributed by atoms with E-state index in [2.05, 4.69) is 29.7 Å². The van der Waals surface area contributed by atoms with Gasteiger partial charge in [0.25, 0.3) is 0 Å². The van der Waals surface area contributed by atoms with Crippen LogP contribution in [-0.4, -0.2) is 25.7 Å². The third-order valence-corrected chi connectivity index (χ3v) is 4.98. The van der Waals surface area contributed by atoms with Crippen molar-refractivity contribution in [2.45, 2.75) is 44.8 Å². The van der Waals surface area contributed by atoms with E-state index >= 15 is 0 Å². The molecule has 1 fully saturated rings. The number of hydrogen-bond acceptors (Lipinski definition) is 3. The molecule has 2 aliphatic heterocycles. The molecule has 114 valence electrons. The number of likely N-dealkylation sites (N-methyl/N-ethyl adjacent to an activating group) is 1. The van der Waals surface area contributed by atoms with E-state index in [0.717, 1.165) is 24.3 Å². The minimum Gasteiger partial charge on any atom is -0.376 e. The summed E-state index contributed by atoms with van der Waals surface area (Å²) in [5, 5.41) is 6.35. The van der Waals surface area contributed by atoms with Crippen molar-refractivity contribution < 1.29 is 9.53 Å². The Bertz CT molecular complexity index is 568. The fraction of sp³-hybridized carbons (Fsp3) is 0.588. The van der Waals surface area contributed by atoms with Crippen molar-refractivity contribution in [3.8, 4) is 0 Å². The summed E-state index contributed by atoms with van der Waals surface area (Å²) in [6.45, 7) is 7.02. The molecule has 0 radical (unpaired) electrons. The van der Waals surface area contributed by atoms with Crippen LogP contribution in [0.25, 0.3) is 0 Å². The molecule has 0 saturated carbocycles. The van der Waals surface area contributed by atoms with E-state index in [9.17, 15) is 4.79 Å². The number of rotatable bonds is 3. The Hall–Kier alpha value is -1.39. The van der Waals surface area contributed by atoms with Crippen LogP contribution in [0.5, 0.6) is 0 Å². The number of fused-ring (bicyclic) bond motifs is 1. The molecule has 2 aliphatic rings. The van der Waals surface area contributed by atoms with Crippen molar-refractivity contribution in [2.24, 2.45) is 5.92 Å². The van der Waals surface area contributed by atoms with Crippen LogP contribution in [0.4, 0.5) is 5.69 Å². The zero-order chi connectivity index (χ0) is 15.2. The molecule has 3 rings (SSSR count). The summed E-state index contributed by atoms with van der Waals surface area (Å²) in [5.41, 5.74) is 2.74. The second kappa shape index (κ2) is 5.11. The Labute approximate surface area is 126 Å². The van der Waals surface area contributed by atoms with E-state index in [-0.39, 0.29) is 18.1 Å². The highest BCUT2D eigenvalue weighted by molar-refractivity contribution is 6.05. The van der Waals surface area contributed by atoms with Gasteiger partial charge in [0.15, 0.2) is 0 Å². The second-order valence-corrected chi connectivity index (χ2v) is 6.75. The zero-order valence-corrected chi connectivity index (χ0v) is 13.2. The van der Waals surface area contributed by atoms with Crippen LogP contribution in [0.15, 0.2) is 18.2 Å². The lowest BCUT2D eigenvalue weighted by molar-refractivity contribution is -0.119. The Morgan fingerprint density at radius 2 is 2.19 bits per heavy atom. The maximum absolute atomic E-state index is 12.1. The van der Waals surface area contributed by atoms with E-state index < -0.39 is 5.41 Å². The van der Waals surface area contributed by atoms with Crippen molar-refractivity contribution in [1.29, 1.82) is 0 Å². The predicted molar refractivity (Wildman–Crippen MR) is 83.4 cm³/mol. The number of carbonyl (C=O) groups is 1. The van der Waals surface area contributed by atoms with Crippen molar-refractivity contribution >= 4 is 11.6 Å². The Balaban J connectivity index is 1.97. The molecule has 4 heteroatoms. The number of ether oxygens (including phenoxy) is 1. The van der Waals surface area contributed by atoms with Crippen molar-refractivity contribution in [3.05, 3.63) is 29.3 Å². The smallest absolute Gasteiger partial charge is 0.234 e. The summed E-state index contributed by atoms with van der Waals surface area (Å²) in [4.78, 5) is 12.1. The fourth-order valence-corrected chi connectivity index (χ4v) is 3.45. The van der Waals surface area contributed by atoms with Crippen LogP contribution in [0.2, 0.25) is 0 Å². The van der Waals surface area contributed by atoms with Gasteiger partial charge in [0, 0.05) is 12.3 Å². The standard InChI is InChI=1S/C17H24N2O2/c1-10-7-8-21-15(10)14(18-4)11-5-6-13-12(9-11)17(2,3)16(20)19-13/h5-6,9-10,14-15,18H,7-8H2,1-4H3,(H,19,20). The molecule has 0 aromatic heterocycles. The van der Waals surface area contributed by atoms with Crippen LogP contribution in [-0.2, 0) is 14.9 Å². The Morgan fingerprint density at radius 3 is 2.81 bits per heavy atom. The fourth-order valence-electron chi connectivity index (χ4n) is 3.45. The summed E-state index contributed by atoms with van der Waals surface area (Å²) in [6.07, 6.45) is 1.31. The number of nitrogens with one attached hydrogen (secondary N) is 2. The first-order chi connectivity index (χ1) is 9.95. The van der Waals surface area contributed by atoms with Gasteiger partial charge in [-0.1, -0.05) is 19.1 Å². The summed E-state index contributed by atoms with van der Waals surface area (Å²) in [6, 6.07) is 6.43. The highest BCUT2D eigenvalue weighted by atomic mass is 16.5. The van der Waals surface area contributed by atoms with Gasteiger partial charge >= 0.3 is 0 Å². The Kier molecular flexibility index (Phi) is 3.54. The molecule has 3 atom stereocenters. The van der Waals surface area contributed by atoms with Gasteiger partial charge in [0.2, 0.25) is 5.91 Å². The molecule has 1 aromatic carbocycles. The third kappa shape index (κ3) is 2.27. The summed E-state index contributed by atoms with van der Waals surface area (Å²) in [5.74, 6) is 0.615. The summed E-state index contributed by atoms with van der Waals surface area (Å²) < 4.78 is 5.92. The van der Waals surface area contributed by atoms with Gasteiger partial charge in [-0.15, -0.1) is 0 Å². The monoisotopic (exact) mass is 288 g/mol. The average Bonchev–Trinajstić information content (AvgIpc) is 2.95. The molecule has 1 amide bonds. The van der Waals surface area contributed by atoms with Gasteiger partial charge < -0.3 is 15.4 Å². The summed E-state index contributed by atoms with van der Waals surface area (Å²) in [7, 11) is 1.97. The minimum absolute atomic E-state index is 0.0705. The topological polar surface area (TPSA) is 50.4 Å². The molecule has 2 heterocycles. The number of anilines is 1. The molecule has 1 aromatic rings. The number of benzene rings is 1. The van der Waals surface area contributed by atoms with Crippen LogP contribution in [0.1, 0.15) is 44.4 Å². The molecular formula is C17H24N2O2. The third-order valence-electron chi connectivity index (χ3n) is 4.98. The first-order valence-corrected chi connectivity index (χ1v) is 7.70. The van der Waals surface area contributed by atoms with E-state index in [0.29, 0.717) is 5.92 Å². The minimum atomic E-state index is -0.466. The molecule has 0 spiro atoms. The highest BCUT2D eigenvalue weighted by Gasteiger charge is 2.39. The normalized spacial score (nSPS) is 28.3. The van der Waals surface area contributed by atoms with Crippen molar-refractivity contribution in [3.63, 3.8) is 0 Å². The lowest BCUT2D eigenvalue weighted by atomic mass is 9.83. The zero-order valence-electron chi connectivity index (χ0n) is 13.2. The molecule has 4 nitrogen and oxygen atoms in total. The average molecular weight is 288 g/mol. The van der Waals surface area contributed by atoms with Gasteiger partial charge in [-0.25, -0.2) is 0 Å². The van der Waals surface area contributed by atoms with Gasteiger partial charge in [-0.05, 0) is 50.4 Å².